The van der Waals surface area contributed by atoms with Crippen LogP contribution in [0.25, 0.3) is 0 Å². The minimum absolute atomic E-state index is 0.817. The van der Waals surface area contributed by atoms with Crippen molar-refractivity contribution in [1.29, 1.82) is 0 Å². The fraction of sp³-hybridized carbons (Fsp3) is 0.647. The van der Waals surface area contributed by atoms with Gasteiger partial charge in [-0.1, -0.05) is 25.8 Å². The van der Waals surface area contributed by atoms with Crippen molar-refractivity contribution in [3.8, 4) is 11.5 Å². The zero-order valence-corrected chi connectivity index (χ0v) is 15.1. The highest BCUT2D eigenvalue weighted by Crippen LogP contribution is 2.37. The minimum atomic E-state index is 0.817. The molecule has 0 bridgehead atoms. The van der Waals surface area contributed by atoms with Crippen LogP contribution in [0.3, 0.4) is 0 Å². The highest BCUT2D eigenvalue weighted by atomic mass is 79.9. The number of nitrogens with one attached hydrogen (secondary N) is 1. The van der Waals surface area contributed by atoms with E-state index < -0.39 is 0 Å². The number of methoxy groups -OCH3 is 2. The van der Waals surface area contributed by atoms with Crippen molar-refractivity contribution in [2.45, 2.75) is 45.4 Å². The van der Waals surface area contributed by atoms with Gasteiger partial charge in [0.2, 0.25) is 0 Å². The zero-order chi connectivity index (χ0) is 15.5. The molecule has 0 fully saturated rings. The standard InChI is InChI=1S/C17H28BrNO2/c1-4-12-19-13-8-6-5-7-9-14-10-11-15(20-2)16(18)17(14)21-3/h10-11,19H,4-9,12-13H2,1-3H3. The van der Waals surface area contributed by atoms with Gasteiger partial charge in [0.15, 0.2) is 0 Å². The van der Waals surface area contributed by atoms with Crippen molar-refractivity contribution >= 4 is 15.9 Å². The summed E-state index contributed by atoms with van der Waals surface area (Å²) in [6.45, 7) is 4.48. The predicted octanol–water partition coefficient (Wildman–Crippen LogP) is 4.57. The monoisotopic (exact) mass is 357 g/mol. The van der Waals surface area contributed by atoms with E-state index >= 15 is 0 Å². The van der Waals surface area contributed by atoms with E-state index in [4.69, 9.17) is 9.47 Å². The molecular weight excluding hydrogens is 330 g/mol. The molecule has 0 aliphatic heterocycles. The van der Waals surface area contributed by atoms with Gasteiger partial charge in [0, 0.05) is 0 Å². The molecule has 0 atom stereocenters. The van der Waals surface area contributed by atoms with Gasteiger partial charge in [-0.3, -0.25) is 0 Å². The topological polar surface area (TPSA) is 30.5 Å². The first-order chi connectivity index (χ1) is 10.2. The molecule has 0 aliphatic carbocycles. The number of rotatable bonds is 11. The summed E-state index contributed by atoms with van der Waals surface area (Å²) in [6, 6.07) is 4.10. The number of hydrogen-bond donors (Lipinski definition) is 1. The lowest BCUT2D eigenvalue weighted by atomic mass is 10.0. The Labute approximate surface area is 137 Å². The third-order valence-corrected chi connectivity index (χ3v) is 4.29. The van der Waals surface area contributed by atoms with Crippen molar-refractivity contribution < 1.29 is 9.47 Å². The Hall–Kier alpha value is -0.740. The van der Waals surface area contributed by atoms with Gasteiger partial charge >= 0.3 is 0 Å². The average Bonchev–Trinajstić information content (AvgIpc) is 2.50. The number of halogens is 1. The summed E-state index contributed by atoms with van der Waals surface area (Å²) in [5.74, 6) is 1.72. The fourth-order valence-electron chi connectivity index (χ4n) is 2.37. The van der Waals surface area contributed by atoms with E-state index in [1.807, 2.05) is 6.07 Å². The third kappa shape index (κ3) is 6.27. The van der Waals surface area contributed by atoms with E-state index in [1.165, 1.54) is 37.7 Å². The van der Waals surface area contributed by atoms with E-state index in [-0.39, 0.29) is 0 Å². The van der Waals surface area contributed by atoms with Gasteiger partial charge in [0.05, 0.1) is 14.2 Å². The largest absolute Gasteiger partial charge is 0.495 e. The summed E-state index contributed by atoms with van der Waals surface area (Å²) in [6.07, 6.45) is 7.28. The van der Waals surface area contributed by atoms with Crippen LogP contribution in [0, 0.1) is 0 Å². The molecule has 0 saturated carbocycles. The van der Waals surface area contributed by atoms with Gasteiger partial charge in [-0.05, 0) is 66.3 Å². The first-order valence-electron chi connectivity index (χ1n) is 7.84. The van der Waals surface area contributed by atoms with Crippen LogP contribution >= 0.6 is 15.9 Å². The summed E-state index contributed by atoms with van der Waals surface area (Å²) in [7, 11) is 3.38. The molecule has 1 rings (SSSR count). The van der Waals surface area contributed by atoms with Crippen LogP contribution in [0.5, 0.6) is 11.5 Å². The Kier molecular flexibility index (Phi) is 9.51. The summed E-state index contributed by atoms with van der Waals surface area (Å²) in [4.78, 5) is 0. The predicted molar refractivity (Wildman–Crippen MR) is 92.6 cm³/mol. The number of hydrogen-bond acceptors (Lipinski definition) is 3. The maximum Gasteiger partial charge on any atom is 0.139 e. The van der Waals surface area contributed by atoms with E-state index in [2.05, 4.69) is 34.2 Å². The molecule has 0 unspecified atom stereocenters. The first-order valence-corrected chi connectivity index (χ1v) is 8.64. The van der Waals surface area contributed by atoms with Crippen molar-refractivity contribution in [2.24, 2.45) is 0 Å². The highest BCUT2D eigenvalue weighted by molar-refractivity contribution is 9.10. The van der Waals surface area contributed by atoms with Crippen LogP contribution in [0.2, 0.25) is 0 Å². The normalized spacial score (nSPS) is 10.7. The second-order valence-electron chi connectivity index (χ2n) is 5.19. The molecule has 4 heteroatoms. The quantitative estimate of drug-likeness (QED) is 0.588. The number of benzene rings is 1. The van der Waals surface area contributed by atoms with Crippen molar-refractivity contribution in [2.75, 3.05) is 27.3 Å². The zero-order valence-electron chi connectivity index (χ0n) is 13.5. The molecule has 0 saturated heterocycles. The average molecular weight is 358 g/mol. The Morgan fingerprint density at radius 3 is 2.43 bits per heavy atom. The molecule has 21 heavy (non-hydrogen) atoms. The molecule has 0 heterocycles. The Balaban J connectivity index is 2.33. The summed E-state index contributed by atoms with van der Waals surface area (Å²) >= 11 is 3.55. The Bertz CT molecular complexity index is 410. The lowest BCUT2D eigenvalue weighted by molar-refractivity contribution is 0.385. The van der Waals surface area contributed by atoms with Crippen molar-refractivity contribution in [1.82, 2.24) is 5.32 Å². The number of unbranched alkanes of at least 4 members (excludes halogenated alkanes) is 3. The third-order valence-electron chi connectivity index (χ3n) is 3.54. The van der Waals surface area contributed by atoms with Gasteiger partial charge in [0.25, 0.3) is 0 Å². The molecule has 0 aromatic heterocycles. The maximum absolute atomic E-state index is 5.50. The van der Waals surface area contributed by atoms with E-state index in [9.17, 15) is 0 Å². The molecular formula is C17H28BrNO2. The molecule has 120 valence electrons. The Morgan fingerprint density at radius 2 is 1.76 bits per heavy atom. The van der Waals surface area contributed by atoms with E-state index in [0.717, 1.165) is 35.5 Å². The van der Waals surface area contributed by atoms with Crippen LogP contribution in [0.15, 0.2) is 16.6 Å². The van der Waals surface area contributed by atoms with E-state index in [1.54, 1.807) is 14.2 Å². The highest BCUT2D eigenvalue weighted by Gasteiger charge is 2.12. The van der Waals surface area contributed by atoms with E-state index in [0.29, 0.717) is 0 Å². The van der Waals surface area contributed by atoms with Crippen LogP contribution in [-0.4, -0.2) is 27.3 Å². The lowest BCUT2D eigenvalue weighted by Crippen LogP contribution is -2.15. The molecule has 3 nitrogen and oxygen atoms in total. The van der Waals surface area contributed by atoms with Crippen molar-refractivity contribution in [3.05, 3.63) is 22.2 Å². The fourth-order valence-corrected chi connectivity index (χ4v) is 3.08. The smallest absolute Gasteiger partial charge is 0.139 e. The maximum atomic E-state index is 5.50. The summed E-state index contributed by atoms with van der Waals surface area (Å²) in [5, 5.41) is 3.44. The Morgan fingerprint density at radius 1 is 1.00 bits per heavy atom. The first kappa shape index (κ1) is 18.3. The van der Waals surface area contributed by atoms with Gasteiger partial charge < -0.3 is 14.8 Å². The second-order valence-corrected chi connectivity index (χ2v) is 5.98. The van der Waals surface area contributed by atoms with Crippen LogP contribution in [0.1, 0.15) is 44.6 Å². The molecule has 1 aromatic rings. The SMILES string of the molecule is CCCNCCCCCCc1ccc(OC)c(Br)c1OC. The summed E-state index contributed by atoms with van der Waals surface area (Å²) < 4.78 is 11.7. The van der Waals surface area contributed by atoms with Crippen LogP contribution < -0.4 is 14.8 Å². The molecule has 0 amide bonds. The van der Waals surface area contributed by atoms with Gasteiger partial charge in [-0.25, -0.2) is 0 Å². The molecule has 0 spiro atoms. The molecule has 0 aliphatic rings. The van der Waals surface area contributed by atoms with Gasteiger partial charge in [-0.2, -0.15) is 0 Å². The van der Waals surface area contributed by atoms with Crippen LogP contribution in [0.4, 0.5) is 0 Å². The van der Waals surface area contributed by atoms with Gasteiger partial charge in [-0.15, -0.1) is 0 Å². The van der Waals surface area contributed by atoms with Gasteiger partial charge in [0.1, 0.15) is 16.0 Å². The van der Waals surface area contributed by atoms with Crippen LogP contribution in [-0.2, 0) is 6.42 Å². The molecule has 1 N–H and O–H groups in total. The number of aryl methyl sites for hydroxylation is 1. The van der Waals surface area contributed by atoms with Crippen molar-refractivity contribution in [3.63, 3.8) is 0 Å². The second kappa shape index (κ2) is 10.9. The summed E-state index contributed by atoms with van der Waals surface area (Å²) in [5.41, 5.74) is 1.24. The number of ether oxygens (including phenoxy) is 2. The molecule has 1 aromatic carbocycles. The molecule has 0 radical (unpaired) electrons. The minimum Gasteiger partial charge on any atom is -0.495 e. The lowest BCUT2D eigenvalue weighted by Gasteiger charge is -2.13.